The monoisotopic (exact) mass is 273 g/mol. The summed E-state index contributed by atoms with van der Waals surface area (Å²) in [6.07, 6.45) is 11.1. The molecule has 0 aliphatic carbocycles. The lowest BCUT2D eigenvalue weighted by Crippen LogP contribution is -2.18. The maximum Gasteiger partial charge on any atom is 0.0426 e. The third-order valence-electron chi connectivity index (χ3n) is 3.78. The van der Waals surface area contributed by atoms with Gasteiger partial charge in [-0.25, -0.2) is 0 Å². The second-order valence-electron chi connectivity index (χ2n) is 5.80. The summed E-state index contributed by atoms with van der Waals surface area (Å²) in [4.78, 5) is 2.45. The van der Waals surface area contributed by atoms with E-state index in [4.69, 9.17) is 0 Å². The molecule has 0 bridgehead atoms. The van der Waals surface area contributed by atoms with Gasteiger partial charge in [-0.1, -0.05) is 62.4 Å². The molecule has 1 rings (SSSR count). The summed E-state index contributed by atoms with van der Waals surface area (Å²) in [6.45, 7) is 11.0. The van der Waals surface area contributed by atoms with Crippen molar-refractivity contribution in [1.82, 2.24) is 4.90 Å². The smallest absolute Gasteiger partial charge is 0.0426 e. The van der Waals surface area contributed by atoms with Gasteiger partial charge in [0.05, 0.1) is 0 Å². The van der Waals surface area contributed by atoms with Crippen LogP contribution in [0, 0.1) is 13.8 Å². The molecule has 0 fully saturated rings. The lowest BCUT2D eigenvalue weighted by atomic mass is 10.1. The normalized spacial score (nSPS) is 11.2. The van der Waals surface area contributed by atoms with Crippen LogP contribution >= 0.6 is 0 Å². The Morgan fingerprint density at radius 2 is 1.80 bits per heavy atom. The largest absolute Gasteiger partial charge is 0.373 e. The minimum absolute atomic E-state index is 1.03. The lowest BCUT2D eigenvalue weighted by Gasteiger charge is -2.21. The second-order valence-corrected chi connectivity index (χ2v) is 5.80. The van der Waals surface area contributed by atoms with Gasteiger partial charge in [0.25, 0.3) is 0 Å². The minimum atomic E-state index is 1.03. The van der Waals surface area contributed by atoms with Crippen LogP contribution in [0.3, 0.4) is 0 Å². The third kappa shape index (κ3) is 6.27. The van der Waals surface area contributed by atoms with Crippen molar-refractivity contribution in [2.24, 2.45) is 0 Å². The Kier molecular flexibility index (Phi) is 8.10. The molecule has 0 radical (unpaired) electrons. The number of benzene rings is 1. The molecule has 0 spiro atoms. The number of unbranched alkanes of at least 4 members (excludes halogenated alkanes) is 4. The van der Waals surface area contributed by atoms with Crippen LogP contribution in [0.5, 0.6) is 0 Å². The molecule has 0 unspecified atom stereocenters. The van der Waals surface area contributed by atoms with Crippen LogP contribution in [0.1, 0.15) is 62.6 Å². The molecule has 0 N–H and O–H groups in total. The molecule has 0 saturated carbocycles. The fraction of sp³-hybridized carbons (Fsp3) is 0.579. The van der Waals surface area contributed by atoms with Crippen molar-refractivity contribution in [2.45, 2.75) is 66.3 Å². The van der Waals surface area contributed by atoms with Crippen LogP contribution in [0.25, 0.3) is 0 Å². The van der Waals surface area contributed by atoms with Gasteiger partial charge in [-0.05, 0) is 44.5 Å². The first-order chi connectivity index (χ1) is 9.67. The zero-order valence-corrected chi connectivity index (χ0v) is 13.8. The molecule has 1 nitrogen and oxygen atoms in total. The van der Waals surface area contributed by atoms with Crippen LogP contribution < -0.4 is 0 Å². The van der Waals surface area contributed by atoms with Crippen LogP contribution in [-0.2, 0) is 6.54 Å². The first-order valence-corrected chi connectivity index (χ1v) is 8.10. The first kappa shape index (κ1) is 16.8. The highest BCUT2D eigenvalue weighted by atomic mass is 15.1. The van der Waals surface area contributed by atoms with Crippen molar-refractivity contribution in [2.75, 3.05) is 6.54 Å². The van der Waals surface area contributed by atoms with Gasteiger partial charge in [-0.15, -0.1) is 0 Å². The molecule has 0 aliphatic rings. The zero-order chi connectivity index (χ0) is 14.8. The fourth-order valence-electron chi connectivity index (χ4n) is 2.58. The van der Waals surface area contributed by atoms with Crippen molar-refractivity contribution in [3.8, 4) is 0 Å². The molecule has 1 aromatic rings. The van der Waals surface area contributed by atoms with Gasteiger partial charge < -0.3 is 4.90 Å². The molecule has 0 saturated heterocycles. The van der Waals surface area contributed by atoms with Crippen molar-refractivity contribution >= 4 is 0 Å². The van der Waals surface area contributed by atoms with Gasteiger partial charge in [-0.3, -0.25) is 0 Å². The highest BCUT2D eigenvalue weighted by Crippen LogP contribution is 2.14. The van der Waals surface area contributed by atoms with Crippen LogP contribution in [0.4, 0.5) is 0 Å². The molecule has 112 valence electrons. The van der Waals surface area contributed by atoms with Crippen molar-refractivity contribution in [1.29, 1.82) is 0 Å². The van der Waals surface area contributed by atoms with Crippen molar-refractivity contribution < 1.29 is 0 Å². The number of rotatable bonds is 9. The number of allylic oxidation sites excluding steroid dienone is 1. The van der Waals surface area contributed by atoms with E-state index in [1.807, 2.05) is 0 Å². The predicted molar refractivity (Wildman–Crippen MR) is 89.9 cm³/mol. The van der Waals surface area contributed by atoms with E-state index in [0.29, 0.717) is 0 Å². The predicted octanol–water partition coefficient (Wildman–Crippen LogP) is 5.61. The van der Waals surface area contributed by atoms with Gasteiger partial charge in [0.2, 0.25) is 0 Å². The first-order valence-electron chi connectivity index (χ1n) is 8.10. The Bertz CT molecular complexity index is 406. The van der Waals surface area contributed by atoms with Gasteiger partial charge >= 0.3 is 0 Å². The highest BCUT2D eigenvalue weighted by molar-refractivity contribution is 5.30. The number of hydrogen-bond donors (Lipinski definition) is 0. The Morgan fingerprint density at radius 1 is 1.05 bits per heavy atom. The SMILES string of the molecule is C/C=C/N(CCCCCCC)Cc1ccc(C)cc1C. The Hall–Kier alpha value is -1.24. The van der Waals surface area contributed by atoms with Crippen LogP contribution in [-0.4, -0.2) is 11.4 Å². The van der Waals surface area contributed by atoms with E-state index in [1.165, 1.54) is 55.3 Å². The van der Waals surface area contributed by atoms with E-state index < -0.39 is 0 Å². The summed E-state index contributed by atoms with van der Waals surface area (Å²) in [6, 6.07) is 6.78. The van der Waals surface area contributed by atoms with E-state index in [0.717, 1.165) is 6.54 Å². The molecule has 1 heteroatoms. The maximum atomic E-state index is 2.45. The van der Waals surface area contributed by atoms with Gasteiger partial charge in [0, 0.05) is 13.1 Å². The standard InChI is InChI=1S/C19H31N/c1-5-7-8-9-10-14-20(13-6-2)16-19-12-11-17(3)15-18(19)4/h6,11-13,15H,5,7-10,14,16H2,1-4H3/b13-6+. The molecule has 0 heterocycles. The quantitative estimate of drug-likeness (QED) is 0.529. The average Bonchev–Trinajstić information content (AvgIpc) is 2.41. The number of nitrogens with zero attached hydrogens (tertiary/aromatic N) is 1. The molecule has 0 aliphatic heterocycles. The summed E-state index contributed by atoms with van der Waals surface area (Å²) in [5, 5.41) is 0. The number of hydrogen-bond acceptors (Lipinski definition) is 1. The topological polar surface area (TPSA) is 3.24 Å². The minimum Gasteiger partial charge on any atom is -0.373 e. The van der Waals surface area contributed by atoms with E-state index in [2.05, 4.69) is 63.1 Å². The third-order valence-corrected chi connectivity index (χ3v) is 3.78. The Labute approximate surface area is 125 Å². The zero-order valence-electron chi connectivity index (χ0n) is 13.8. The van der Waals surface area contributed by atoms with Crippen molar-refractivity contribution in [3.63, 3.8) is 0 Å². The van der Waals surface area contributed by atoms with Gasteiger partial charge in [-0.2, -0.15) is 0 Å². The fourth-order valence-corrected chi connectivity index (χ4v) is 2.58. The summed E-state index contributed by atoms with van der Waals surface area (Å²) in [7, 11) is 0. The summed E-state index contributed by atoms with van der Waals surface area (Å²) in [5.41, 5.74) is 4.20. The lowest BCUT2D eigenvalue weighted by molar-refractivity contribution is 0.354. The Balaban J connectivity index is 2.49. The highest BCUT2D eigenvalue weighted by Gasteiger charge is 2.04. The molecule has 1 aromatic carbocycles. The van der Waals surface area contributed by atoms with Crippen molar-refractivity contribution in [3.05, 3.63) is 47.2 Å². The van der Waals surface area contributed by atoms with Gasteiger partial charge in [0.1, 0.15) is 0 Å². The molecule has 20 heavy (non-hydrogen) atoms. The van der Waals surface area contributed by atoms with E-state index >= 15 is 0 Å². The second kappa shape index (κ2) is 9.63. The molecule has 0 amide bonds. The molecular formula is C19H31N. The van der Waals surface area contributed by atoms with Gasteiger partial charge in [0.15, 0.2) is 0 Å². The molecule has 0 atom stereocenters. The van der Waals surface area contributed by atoms with E-state index in [-0.39, 0.29) is 0 Å². The van der Waals surface area contributed by atoms with Crippen LogP contribution in [0.15, 0.2) is 30.5 Å². The molecule has 0 aromatic heterocycles. The average molecular weight is 273 g/mol. The van der Waals surface area contributed by atoms with Crippen LogP contribution in [0.2, 0.25) is 0 Å². The van der Waals surface area contributed by atoms with E-state index in [1.54, 1.807) is 0 Å². The summed E-state index contributed by atoms with van der Waals surface area (Å²) < 4.78 is 0. The number of aryl methyl sites for hydroxylation is 2. The van der Waals surface area contributed by atoms with E-state index in [9.17, 15) is 0 Å². The summed E-state index contributed by atoms with van der Waals surface area (Å²) in [5.74, 6) is 0. The Morgan fingerprint density at radius 3 is 2.45 bits per heavy atom. The molecular weight excluding hydrogens is 242 g/mol. The summed E-state index contributed by atoms with van der Waals surface area (Å²) >= 11 is 0. The maximum absolute atomic E-state index is 2.45.